The summed E-state index contributed by atoms with van der Waals surface area (Å²) in [7, 11) is 1.46. The molecule has 1 aliphatic carbocycles. The van der Waals surface area contributed by atoms with Gasteiger partial charge >= 0.3 is 5.97 Å². The van der Waals surface area contributed by atoms with Gasteiger partial charge in [0.2, 0.25) is 0 Å². The summed E-state index contributed by atoms with van der Waals surface area (Å²) in [5, 5.41) is 1.47. The number of thiophene rings is 1. The van der Waals surface area contributed by atoms with Crippen molar-refractivity contribution in [3.8, 4) is 0 Å². The molecule has 1 aromatic heterocycles. The van der Waals surface area contributed by atoms with Crippen molar-refractivity contribution in [1.29, 1.82) is 0 Å². The number of rotatable bonds is 4. The molecule has 0 spiro atoms. The average Bonchev–Trinajstić information content (AvgIpc) is 2.89. The van der Waals surface area contributed by atoms with Crippen molar-refractivity contribution in [3.05, 3.63) is 17.0 Å². The minimum Gasteiger partial charge on any atom is -0.458 e. The molecule has 0 saturated heterocycles. The van der Waals surface area contributed by atoms with Crippen molar-refractivity contribution in [2.75, 3.05) is 0 Å². The molecule has 2 rings (SSSR count). The molecule has 4 nitrogen and oxygen atoms in total. The Morgan fingerprint density at radius 3 is 2.75 bits per heavy atom. The fraction of sp³-hybridized carbons (Fsp3) is 0.615. The Morgan fingerprint density at radius 1 is 1.45 bits per heavy atom. The monoisotopic (exact) mass is 336 g/mol. The zero-order chi connectivity index (χ0) is 14.8. The summed E-state index contributed by atoms with van der Waals surface area (Å²) >= 11 is 0.933. The van der Waals surface area contributed by atoms with Crippen molar-refractivity contribution >= 4 is 37.0 Å². The van der Waals surface area contributed by atoms with E-state index >= 15 is 0 Å². The molecule has 1 saturated carbocycles. The van der Waals surface area contributed by atoms with Crippen LogP contribution in [0.4, 0.5) is 0 Å². The third-order valence-electron chi connectivity index (χ3n) is 3.67. The first-order chi connectivity index (χ1) is 9.41. The molecule has 0 aliphatic heterocycles. The summed E-state index contributed by atoms with van der Waals surface area (Å²) in [4.78, 5) is 12.1. The predicted molar refractivity (Wildman–Crippen MR) is 78.8 cm³/mol. The molecule has 112 valence electrons. The normalized spacial score (nSPS) is 23.5. The molecular weight excluding hydrogens is 320 g/mol. The molecule has 0 bridgehead atoms. The van der Waals surface area contributed by atoms with Gasteiger partial charge in [-0.05, 0) is 37.7 Å². The molecule has 1 heterocycles. The highest BCUT2D eigenvalue weighted by Gasteiger charge is 2.28. The van der Waals surface area contributed by atoms with Crippen LogP contribution in [-0.2, 0) is 13.8 Å². The van der Waals surface area contributed by atoms with Crippen LogP contribution in [-0.4, -0.2) is 20.5 Å². The highest BCUT2D eigenvalue weighted by Crippen LogP contribution is 2.30. The topological polar surface area (TPSA) is 60.4 Å². The SMILES string of the molecule is CCC1CCCCC1OC(=O)c1csc(S(=O)(=O)Cl)c1. The number of carbonyl (C=O) groups excluding carboxylic acids is 1. The Hall–Kier alpha value is -0.590. The Labute approximate surface area is 127 Å². The molecular formula is C13H17ClO4S2. The standard InChI is InChI=1S/C13H17ClO4S2/c1-2-9-5-3-4-6-11(9)18-13(15)10-7-12(19-8-10)20(14,16)17/h7-9,11H,2-6H2,1H3. The molecule has 2 unspecified atom stereocenters. The van der Waals surface area contributed by atoms with Gasteiger partial charge in [0, 0.05) is 16.1 Å². The summed E-state index contributed by atoms with van der Waals surface area (Å²) in [5.74, 6) is -0.0549. The van der Waals surface area contributed by atoms with Gasteiger partial charge in [-0.3, -0.25) is 0 Å². The van der Waals surface area contributed by atoms with E-state index in [2.05, 4.69) is 6.92 Å². The smallest absolute Gasteiger partial charge is 0.339 e. The maximum absolute atomic E-state index is 12.1. The van der Waals surface area contributed by atoms with Crippen LogP contribution in [0.5, 0.6) is 0 Å². The van der Waals surface area contributed by atoms with Crippen LogP contribution in [0.15, 0.2) is 15.7 Å². The Kier molecular flexibility index (Phi) is 5.09. The highest BCUT2D eigenvalue weighted by atomic mass is 35.7. The number of hydrogen-bond donors (Lipinski definition) is 0. The lowest BCUT2D eigenvalue weighted by Crippen LogP contribution is -2.29. The third kappa shape index (κ3) is 3.74. The van der Waals surface area contributed by atoms with Crippen molar-refractivity contribution in [2.45, 2.75) is 49.3 Å². The predicted octanol–water partition coefficient (Wildman–Crippen LogP) is 3.80. The van der Waals surface area contributed by atoms with Gasteiger partial charge < -0.3 is 4.74 Å². The van der Waals surface area contributed by atoms with E-state index in [-0.39, 0.29) is 15.9 Å². The van der Waals surface area contributed by atoms with E-state index in [9.17, 15) is 13.2 Å². The van der Waals surface area contributed by atoms with Gasteiger partial charge in [0.25, 0.3) is 9.05 Å². The van der Waals surface area contributed by atoms with Gasteiger partial charge in [-0.1, -0.05) is 13.3 Å². The van der Waals surface area contributed by atoms with Crippen LogP contribution >= 0.6 is 22.0 Å². The second-order valence-electron chi connectivity index (χ2n) is 4.99. The molecule has 0 radical (unpaired) electrons. The van der Waals surface area contributed by atoms with Crippen LogP contribution in [0.1, 0.15) is 49.4 Å². The maximum atomic E-state index is 12.1. The first kappa shape index (κ1) is 15.8. The van der Waals surface area contributed by atoms with Gasteiger partial charge in [-0.2, -0.15) is 0 Å². The van der Waals surface area contributed by atoms with Crippen LogP contribution in [0.25, 0.3) is 0 Å². The number of ether oxygens (including phenoxy) is 1. The van der Waals surface area contributed by atoms with Crippen LogP contribution in [0.2, 0.25) is 0 Å². The van der Waals surface area contributed by atoms with Crippen molar-refractivity contribution in [2.24, 2.45) is 5.92 Å². The zero-order valence-electron chi connectivity index (χ0n) is 11.2. The zero-order valence-corrected chi connectivity index (χ0v) is 13.6. The van der Waals surface area contributed by atoms with Crippen molar-refractivity contribution in [1.82, 2.24) is 0 Å². The van der Waals surface area contributed by atoms with Gasteiger partial charge in [0.1, 0.15) is 10.3 Å². The molecule has 1 fully saturated rings. The molecule has 1 aromatic rings. The van der Waals surface area contributed by atoms with Crippen LogP contribution in [0, 0.1) is 5.92 Å². The lowest BCUT2D eigenvalue weighted by Gasteiger charge is -2.30. The van der Waals surface area contributed by atoms with Crippen LogP contribution < -0.4 is 0 Å². The van der Waals surface area contributed by atoms with Gasteiger partial charge in [-0.25, -0.2) is 13.2 Å². The molecule has 0 N–H and O–H groups in total. The second kappa shape index (κ2) is 6.45. The van der Waals surface area contributed by atoms with E-state index < -0.39 is 15.0 Å². The molecule has 20 heavy (non-hydrogen) atoms. The largest absolute Gasteiger partial charge is 0.458 e. The average molecular weight is 337 g/mol. The fourth-order valence-corrected chi connectivity index (χ4v) is 4.49. The minimum absolute atomic E-state index is 0.0261. The van der Waals surface area contributed by atoms with Gasteiger partial charge in [0.05, 0.1) is 5.56 Å². The number of esters is 1. The van der Waals surface area contributed by atoms with Gasteiger partial charge in [0.15, 0.2) is 0 Å². The lowest BCUT2D eigenvalue weighted by molar-refractivity contribution is 0.000750. The number of hydrogen-bond acceptors (Lipinski definition) is 5. The molecule has 1 aliphatic rings. The molecule has 0 amide bonds. The Bertz CT molecular complexity index is 579. The van der Waals surface area contributed by atoms with E-state index in [0.717, 1.165) is 37.0 Å². The Morgan fingerprint density at radius 2 is 2.15 bits per heavy atom. The van der Waals surface area contributed by atoms with E-state index in [1.165, 1.54) is 17.9 Å². The summed E-state index contributed by atoms with van der Waals surface area (Å²) in [6, 6.07) is 1.28. The lowest BCUT2D eigenvalue weighted by atomic mass is 9.85. The van der Waals surface area contributed by atoms with E-state index in [4.69, 9.17) is 15.4 Å². The molecule has 7 heteroatoms. The molecule has 0 aromatic carbocycles. The van der Waals surface area contributed by atoms with E-state index in [1.54, 1.807) is 0 Å². The summed E-state index contributed by atoms with van der Waals surface area (Å²) in [6.07, 6.45) is 5.15. The molecule has 2 atom stereocenters. The van der Waals surface area contributed by atoms with Crippen LogP contribution in [0.3, 0.4) is 0 Å². The Balaban J connectivity index is 2.06. The summed E-state index contributed by atoms with van der Waals surface area (Å²) < 4.78 is 27.9. The number of carbonyl (C=O) groups is 1. The first-order valence-corrected chi connectivity index (χ1v) is 9.85. The van der Waals surface area contributed by atoms with Crippen molar-refractivity contribution in [3.63, 3.8) is 0 Å². The van der Waals surface area contributed by atoms with Crippen molar-refractivity contribution < 1.29 is 17.9 Å². The number of halogens is 1. The highest BCUT2D eigenvalue weighted by molar-refractivity contribution is 8.15. The van der Waals surface area contributed by atoms with E-state index in [0.29, 0.717) is 5.92 Å². The first-order valence-electron chi connectivity index (χ1n) is 6.66. The third-order valence-corrected chi connectivity index (χ3v) is 6.71. The quantitative estimate of drug-likeness (QED) is 0.619. The van der Waals surface area contributed by atoms with E-state index in [1.807, 2.05) is 0 Å². The minimum atomic E-state index is -3.78. The fourth-order valence-electron chi connectivity index (χ4n) is 2.55. The second-order valence-corrected chi connectivity index (χ2v) is 8.69. The summed E-state index contributed by atoms with van der Waals surface area (Å²) in [5.41, 5.74) is 0.259. The summed E-state index contributed by atoms with van der Waals surface area (Å²) in [6.45, 7) is 2.10. The maximum Gasteiger partial charge on any atom is 0.339 e. The van der Waals surface area contributed by atoms with Gasteiger partial charge in [-0.15, -0.1) is 11.3 Å².